The average molecular weight is 575 g/mol. The monoisotopic (exact) mass is 574 g/mol. The van der Waals surface area contributed by atoms with Crippen LogP contribution in [0.2, 0.25) is 0 Å². The highest BCUT2D eigenvalue weighted by atomic mass is 15.0. The van der Waals surface area contributed by atoms with E-state index in [-0.39, 0.29) is 0 Å². The first-order valence-electron chi connectivity index (χ1n) is 15.3. The number of imidazole rings is 1. The number of benzene rings is 6. The molecule has 0 N–H and O–H groups in total. The van der Waals surface area contributed by atoms with Crippen molar-refractivity contribution in [1.29, 1.82) is 0 Å². The van der Waals surface area contributed by atoms with Crippen molar-refractivity contribution in [3.8, 4) is 22.5 Å². The first-order chi connectivity index (χ1) is 22.3. The van der Waals surface area contributed by atoms with E-state index in [1.807, 2.05) is 0 Å². The van der Waals surface area contributed by atoms with E-state index < -0.39 is 0 Å². The maximum Gasteiger partial charge on any atom is 0.148 e. The van der Waals surface area contributed by atoms with Gasteiger partial charge in [0.2, 0.25) is 0 Å². The summed E-state index contributed by atoms with van der Waals surface area (Å²) >= 11 is 0. The van der Waals surface area contributed by atoms with Crippen LogP contribution in [0, 0.1) is 0 Å². The van der Waals surface area contributed by atoms with Crippen LogP contribution >= 0.6 is 0 Å². The van der Waals surface area contributed by atoms with Gasteiger partial charge < -0.3 is 9.13 Å². The predicted octanol–water partition coefficient (Wildman–Crippen LogP) is 10.3. The molecule has 4 nitrogen and oxygen atoms in total. The maximum atomic E-state index is 5.16. The molecular formula is C41H26N4. The fraction of sp³-hybridized carbons (Fsp3) is 0. The zero-order chi connectivity index (χ0) is 29.5. The molecule has 0 radical (unpaired) electrons. The minimum absolute atomic E-state index is 0.979. The second-order valence-corrected chi connectivity index (χ2v) is 11.7. The van der Waals surface area contributed by atoms with Crippen LogP contribution < -0.4 is 0 Å². The Hall–Kier alpha value is -6.13. The molecule has 10 rings (SSSR count). The Bertz CT molecular complexity index is 2750. The van der Waals surface area contributed by atoms with Gasteiger partial charge in [-0.05, 0) is 83.9 Å². The molecule has 4 heteroatoms. The molecule has 0 spiro atoms. The zero-order valence-electron chi connectivity index (χ0n) is 24.3. The second-order valence-electron chi connectivity index (χ2n) is 11.7. The number of pyridine rings is 1. The summed E-state index contributed by atoms with van der Waals surface area (Å²) < 4.78 is 6.96. The van der Waals surface area contributed by atoms with Crippen molar-refractivity contribution in [2.75, 3.05) is 0 Å². The van der Waals surface area contributed by atoms with Crippen LogP contribution in [0.4, 0.5) is 0 Å². The fourth-order valence-electron chi connectivity index (χ4n) is 7.26. The molecule has 10 aromatic rings. The summed E-state index contributed by atoms with van der Waals surface area (Å²) in [7, 11) is 0. The normalized spacial score (nSPS) is 12.0. The van der Waals surface area contributed by atoms with Gasteiger partial charge in [0, 0.05) is 33.7 Å². The van der Waals surface area contributed by atoms with Gasteiger partial charge in [0.25, 0.3) is 0 Å². The summed E-state index contributed by atoms with van der Waals surface area (Å²) in [6.07, 6.45) is 2.16. The molecule has 0 aliphatic carbocycles. The SMILES string of the molecule is c1ccc(-n2c3ccccc3c3cc(-c4ccc5c(c4)c4c(ccn6c7ccccc7nc46)n5-c4ccccc4)ccc32)cc1. The van der Waals surface area contributed by atoms with Crippen LogP contribution in [-0.2, 0) is 0 Å². The van der Waals surface area contributed by atoms with Gasteiger partial charge in [-0.1, -0.05) is 78.9 Å². The van der Waals surface area contributed by atoms with Gasteiger partial charge in [0.15, 0.2) is 0 Å². The number of rotatable bonds is 3. The van der Waals surface area contributed by atoms with Gasteiger partial charge in [-0.25, -0.2) is 4.98 Å². The smallest absolute Gasteiger partial charge is 0.148 e. The second kappa shape index (κ2) is 9.18. The lowest BCUT2D eigenvalue weighted by atomic mass is 10.0. The van der Waals surface area contributed by atoms with Crippen LogP contribution in [-0.4, -0.2) is 18.5 Å². The van der Waals surface area contributed by atoms with Gasteiger partial charge in [-0.2, -0.15) is 0 Å². The standard InChI is InChI=1S/C41H26N4/c1-3-11-29(12-4-1)44-35-17-9-7-15-31(35)32-25-27(19-21-36(32)44)28-20-22-37-33(26-28)40-39(45(37)30-13-5-2-6-14-30)23-24-43-38-18-10-8-16-34(38)42-41(40)43/h1-26H. The highest BCUT2D eigenvalue weighted by molar-refractivity contribution is 6.17. The van der Waals surface area contributed by atoms with Crippen molar-refractivity contribution >= 4 is 60.3 Å². The van der Waals surface area contributed by atoms with Crippen molar-refractivity contribution in [1.82, 2.24) is 18.5 Å². The highest BCUT2D eigenvalue weighted by Gasteiger charge is 2.19. The molecule has 0 saturated heterocycles. The van der Waals surface area contributed by atoms with Crippen molar-refractivity contribution in [2.45, 2.75) is 0 Å². The van der Waals surface area contributed by atoms with Crippen molar-refractivity contribution in [3.63, 3.8) is 0 Å². The molecule has 0 atom stereocenters. The Kier molecular flexibility index (Phi) is 4.96. The molecule has 45 heavy (non-hydrogen) atoms. The zero-order valence-corrected chi connectivity index (χ0v) is 24.3. The number of fused-ring (bicyclic) bond motifs is 10. The van der Waals surface area contributed by atoms with Crippen molar-refractivity contribution in [2.24, 2.45) is 0 Å². The van der Waals surface area contributed by atoms with E-state index in [2.05, 4.69) is 171 Å². The number of nitrogens with zero attached hydrogens (tertiary/aromatic N) is 4. The number of hydrogen-bond acceptors (Lipinski definition) is 1. The summed E-state index contributed by atoms with van der Waals surface area (Å²) in [5.41, 5.74) is 12.5. The predicted molar refractivity (Wildman–Crippen MR) is 187 cm³/mol. The molecule has 4 aromatic heterocycles. The molecule has 0 amide bonds. The Labute approximate surface area is 258 Å². The van der Waals surface area contributed by atoms with Gasteiger partial charge in [-0.3, -0.25) is 4.40 Å². The first kappa shape index (κ1) is 24.3. The number of para-hydroxylation sites is 5. The van der Waals surface area contributed by atoms with E-state index in [1.165, 1.54) is 49.5 Å². The first-order valence-corrected chi connectivity index (χ1v) is 15.3. The largest absolute Gasteiger partial charge is 0.309 e. The topological polar surface area (TPSA) is 27.2 Å². The third kappa shape index (κ3) is 3.45. The Balaban J connectivity index is 1.26. The molecule has 0 aliphatic rings. The Morgan fingerprint density at radius 1 is 0.400 bits per heavy atom. The van der Waals surface area contributed by atoms with Gasteiger partial charge in [0.05, 0.1) is 38.5 Å². The number of aromatic nitrogens is 4. The van der Waals surface area contributed by atoms with Crippen LogP contribution in [0.1, 0.15) is 0 Å². The minimum Gasteiger partial charge on any atom is -0.309 e. The third-order valence-electron chi connectivity index (χ3n) is 9.24. The van der Waals surface area contributed by atoms with Crippen LogP contribution in [0.3, 0.4) is 0 Å². The van der Waals surface area contributed by atoms with Crippen molar-refractivity contribution in [3.05, 3.63) is 158 Å². The fourth-order valence-corrected chi connectivity index (χ4v) is 7.26. The highest BCUT2D eigenvalue weighted by Crippen LogP contribution is 2.39. The average Bonchev–Trinajstić information content (AvgIpc) is 3.76. The van der Waals surface area contributed by atoms with Gasteiger partial charge in [-0.15, -0.1) is 0 Å². The van der Waals surface area contributed by atoms with Crippen LogP contribution in [0.15, 0.2) is 158 Å². The molecule has 0 unspecified atom stereocenters. The lowest BCUT2D eigenvalue weighted by molar-refractivity contribution is 1.17. The van der Waals surface area contributed by atoms with E-state index in [9.17, 15) is 0 Å². The van der Waals surface area contributed by atoms with Crippen LogP contribution in [0.25, 0.3) is 82.8 Å². The maximum absolute atomic E-state index is 5.16. The Morgan fingerprint density at radius 3 is 1.69 bits per heavy atom. The van der Waals surface area contributed by atoms with Crippen molar-refractivity contribution < 1.29 is 0 Å². The molecule has 0 saturated carbocycles. The van der Waals surface area contributed by atoms with E-state index in [1.54, 1.807) is 0 Å². The van der Waals surface area contributed by atoms with E-state index in [0.29, 0.717) is 0 Å². The van der Waals surface area contributed by atoms with E-state index >= 15 is 0 Å². The molecular weight excluding hydrogens is 548 g/mol. The summed E-state index contributed by atoms with van der Waals surface area (Å²) in [5.74, 6) is 0. The summed E-state index contributed by atoms with van der Waals surface area (Å²) in [6, 6.07) is 54.3. The summed E-state index contributed by atoms with van der Waals surface area (Å²) in [5, 5.41) is 4.86. The quantitative estimate of drug-likeness (QED) is 0.206. The van der Waals surface area contributed by atoms with E-state index in [4.69, 9.17) is 4.98 Å². The molecule has 0 bridgehead atoms. The van der Waals surface area contributed by atoms with E-state index in [0.717, 1.165) is 33.3 Å². The van der Waals surface area contributed by atoms with Gasteiger partial charge in [0.1, 0.15) is 5.65 Å². The lowest BCUT2D eigenvalue weighted by Gasteiger charge is -2.09. The summed E-state index contributed by atoms with van der Waals surface area (Å²) in [6.45, 7) is 0. The molecule has 0 fully saturated rings. The molecule has 4 heterocycles. The third-order valence-corrected chi connectivity index (χ3v) is 9.24. The minimum atomic E-state index is 0.979. The van der Waals surface area contributed by atoms with Crippen LogP contribution in [0.5, 0.6) is 0 Å². The summed E-state index contributed by atoms with van der Waals surface area (Å²) in [4.78, 5) is 5.16. The molecule has 6 aromatic carbocycles. The lowest BCUT2D eigenvalue weighted by Crippen LogP contribution is -1.94. The molecule has 0 aliphatic heterocycles. The molecule has 210 valence electrons. The van der Waals surface area contributed by atoms with Gasteiger partial charge >= 0.3 is 0 Å². The number of hydrogen-bond donors (Lipinski definition) is 0. The Morgan fingerprint density at radius 2 is 0.956 bits per heavy atom.